The average Bonchev–Trinajstić information content (AvgIpc) is 2.86. The number of aliphatic carboxylic acids is 1. The maximum Gasteiger partial charge on any atom is 0.315 e. The number of carbonyl (C=O) groups excluding carboxylic acids is 1. The summed E-state index contributed by atoms with van der Waals surface area (Å²) in [4.78, 5) is 28.2. The largest absolute Gasteiger partial charge is 0.481 e. The number of aromatic nitrogens is 1. The van der Waals surface area contributed by atoms with Crippen LogP contribution in [0.5, 0.6) is 0 Å². The fourth-order valence-electron chi connectivity index (χ4n) is 2.54. The number of rotatable bonds is 4. The highest BCUT2D eigenvalue weighted by Gasteiger charge is 2.27. The van der Waals surface area contributed by atoms with Gasteiger partial charge in [-0.3, -0.25) is 4.79 Å². The van der Waals surface area contributed by atoms with E-state index in [2.05, 4.69) is 15.6 Å². The number of aryl methyl sites for hydroxylation is 1. The molecule has 0 spiro atoms. The number of hydrogen-bond acceptors (Lipinski definition) is 4. The zero-order valence-electron chi connectivity index (χ0n) is 12.3. The summed E-state index contributed by atoms with van der Waals surface area (Å²) in [6.07, 6.45) is 4.48. The maximum atomic E-state index is 12.0. The van der Waals surface area contributed by atoms with E-state index in [1.54, 1.807) is 17.5 Å². The normalized spacial score (nSPS) is 23.3. The molecule has 3 N–H and O–H groups in total. The van der Waals surface area contributed by atoms with Crippen molar-refractivity contribution in [2.24, 2.45) is 5.92 Å². The van der Waals surface area contributed by atoms with Crippen molar-refractivity contribution in [3.8, 4) is 0 Å². The SMILES string of the molecule is Cc1cnc(C(C)NC(=O)NC2CCC(C(=O)O)CC2)s1. The van der Waals surface area contributed by atoms with Crippen molar-refractivity contribution in [2.45, 2.75) is 51.6 Å². The summed E-state index contributed by atoms with van der Waals surface area (Å²) in [6.45, 7) is 3.88. The Hall–Kier alpha value is -1.63. The van der Waals surface area contributed by atoms with Crippen LogP contribution < -0.4 is 10.6 Å². The summed E-state index contributed by atoms with van der Waals surface area (Å²) >= 11 is 1.57. The van der Waals surface area contributed by atoms with Gasteiger partial charge in [0, 0.05) is 17.1 Å². The molecule has 116 valence electrons. The molecule has 1 saturated carbocycles. The molecular weight excluding hydrogens is 290 g/mol. The Morgan fingerprint density at radius 1 is 1.38 bits per heavy atom. The predicted molar refractivity (Wildman–Crippen MR) is 80.3 cm³/mol. The molecule has 1 aromatic rings. The van der Waals surface area contributed by atoms with Gasteiger partial charge in [0.05, 0.1) is 12.0 Å². The Bertz CT molecular complexity index is 509. The first-order valence-corrected chi connectivity index (χ1v) is 7.99. The number of hydrogen-bond donors (Lipinski definition) is 3. The molecule has 1 unspecified atom stereocenters. The van der Waals surface area contributed by atoms with Crippen LogP contribution in [0.15, 0.2) is 6.20 Å². The van der Waals surface area contributed by atoms with Crippen LogP contribution in [-0.4, -0.2) is 28.1 Å². The van der Waals surface area contributed by atoms with Crippen LogP contribution in [-0.2, 0) is 4.79 Å². The van der Waals surface area contributed by atoms with Crippen molar-refractivity contribution in [3.05, 3.63) is 16.1 Å². The van der Waals surface area contributed by atoms with E-state index in [4.69, 9.17) is 5.11 Å². The second-order valence-corrected chi connectivity index (χ2v) is 6.80. The third-order valence-corrected chi connectivity index (χ3v) is 4.86. The first-order valence-electron chi connectivity index (χ1n) is 7.18. The number of nitrogens with zero attached hydrogens (tertiary/aromatic N) is 1. The minimum absolute atomic E-state index is 0.0610. The van der Waals surface area contributed by atoms with E-state index in [0.717, 1.165) is 22.7 Å². The van der Waals surface area contributed by atoms with Crippen LogP contribution in [0, 0.1) is 12.8 Å². The molecule has 2 rings (SSSR count). The van der Waals surface area contributed by atoms with Gasteiger partial charge in [-0.1, -0.05) is 0 Å². The molecule has 6 nitrogen and oxygen atoms in total. The molecular formula is C14H21N3O3S. The van der Waals surface area contributed by atoms with Gasteiger partial charge < -0.3 is 15.7 Å². The minimum Gasteiger partial charge on any atom is -0.481 e. The van der Waals surface area contributed by atoms with Gasteiger partial charge in [0.15, 0.2) is 0 Å². The molecule has 1 heterocycles. The lowest BCUT2D eigenvalue weighted by Gasteiger charge is -2.27. The number of carboxylic acids is 1. The highest BCUT2D eigenvalue weighted by atomic mass is 32.1. The predicted octanol–water partition coefficient (Wildman–Crippen LogP) is 2.46. The van der Waals surface area contributed by atoms with Gasteiger partial charge in [-0.25, -0.2) is 9.78 Å². The zero-order chi connectivity index (χ0) is 15.4. The first kappa shape index (κ1) is 15.8. The van der Waals surface area contributed by atoms with Gasteiger partial charge in [-0.05, 0) is 39.5 Å². The van der Waals surface area contributed by atoms with Crippen molar-refractivity contribution in [3.63, 3.8) is 0 Å². The summed E-state index contributed by atoms with van der Waals surface area (Å²) < 4.78 is 0. The zero-order valence-corrected chi connectivity index (χ0v) is 13.1. The molecule has 1 aliphatic rings. The molecule has 1 atom stereocenters. The fourth-order valence-corrected chi connectivity index (χ4v) is 3.32. The molecule has 1 aromatic heterocycles. The van der Waals surface area contributed by atoms with Crippen molar-refractivity contribution < 1.29 is 14.7 Å². The van der Waals surface area contributed by atoms with Gasteiger partial charge in [0.25, 0.3) is 0 Å². The van der Waals surface area contributed by atoms with Gasteiger partial charge in [-0.15, -0.1) is 11.3 Å². The summed E-state index contributed by atoms with van der Waals surface area (Å²) in [6, 6.07) is -0.279. The van der Waals surface area contributed by atoms with Gasteiger partial charge in [0.2, 0.25) is 0 Å². The highest BCUT2D eigenvalue weighted by Crippen LogP contribution is 2.24. The Morgan fingerprint density at radius 3 is 2.57 bits per heavy atom. The molecule has 7 heteroatoms. The summed E-state index contributed by atoms with van der Waals surface area (Å²) in [5.41, 5.74) is 0. The standard InChI is InChI=1S/C14H21N3O3S/c1-8-7-15-12(21-8)9(2)16-14(20)17-11-5-3-10(4-6-11)13(18)19/h7,9-11H,3-6H2,1-2H3,(H,18,19)(H2,16,17,20). The highest BCUT2D eigenvalue weighted by molar-refractivity contribution is 7.11. The van der Waals surface area contributed by atoms with E-state index in [1.165, 1.54) is 0 Å². The van der Waals surface area contributed by atoms with Gasteiger partial charge >= 0.3 is 12.0 Å². The number of carboxylic acid groups (broad SMARTS) is 1. The van der Waals surface area contributed by atoms with Crippen LogP contribution in [0.2, 0.25) is 0 Å². The Kier molecular flexibility index (Phi) is 5.17. The second-order valence-electron chi connectivity index (χ2n) is 5.54. The Morgan fingerprint density at radius 2 is 2.05 bits per heavy atom. The third kappa shape index (κ3) is 4.42. The van der Waals surface area contributed by atoms with E-state index in [-0.39, 0.29) is 24.0 Å². The number of nitrogens with one attached hydrogen (secondary N) is 2. The van der Waals surface area contributed by atoms with E-state index >= 15 is 0 Å². The number of urea groups is 1. The average molecular weight is 311 g/mol. The quantitative estimate of drug-likeness (QED) is 0.796. The Balaban J connectivity index is 1.76. The number of carbonyl (C=O) groups is 2. The van der Waals surface area contributed by atoms with Crippen LogP contribution >= 0.6 is 11.3 Å². The van der Waals surface area contributed by atoms with Gasteiger partial charge in [0.1, 0.15) is 5.01 Å². The number of thiazole rings is 1. The molecule has 0 radical (unpaired) electrons. The van der Waals surface area contributed by atoms with Crippen molar-refractivity contribution in [1.82, 2.24) is 15.6 Å². The lowest BCUT2D eigenvalue weighted by Crippen LogP contribution is -2.44. The molecule has 2 amide bonds. The van der Waals surface area contributed by atoms with Gasteiger partial charge in [-0.2, -0.15) is 0 Å². The van der Waals surface area contributed by atoms with Crippen molar-refractivity contribution >= 4 is 23.3 Å². The van der Waals surface area contributed by atoms with Crippen LogP contribution in [0.4, 0.5) is 4.79 Å². The lowest BCUT2D eigenvalue weighted by molar-refractivity contribution is -0.142. The van der Waals surface area contributed by atoms with Crippen LogP contribution in [0.1, 0.15) is 48.5 Å². The fraction of sp³-hybridized carbons (Fsp3) is 0.643. The minimum atomic E-state index is -0.731. The molecule has 0 aromatic carbocycles. The van der Waals surface area contributed by atoms with E-state index < -0.39 is 5.97 Å². The first-order chi connectivity index (χ1) is 9.95. The summed E-state index contributed by atoms with van der Waals surface area (Å²) in [7, 11) is 0. The molecule has 0 aliphatic heterocycles. The van der Waals surface area contributed by atoms with Crippen molar-refractivity contribution in [2.75, 3.05) is 0 Å². The maximum absolute atomic E-state index is 12.0. The van der Waals surface area contributed by atoms with E-state index in [0.29, 0.717) is 12.8 Å². The summed E-state index contributed by atoms with van der Waals surface area (Å²) in [5.74, 6) is -0.992. The number of amides is 2. The molecule has 0 saturated heterocycles. The Labute approximate surface area is 128 Å². The molecule has 1 aliphatic carbocycles. The molecule has 1 fully saturated rings. The topological polar surface area (TPSA) is 91.3 Å². The summed E-state index contributed by atoms with van der Waals surface area (Å²) in [5, 5.41) is 15.6. The third-order valence-electron chi connectivity index (χ3n) is 3.77. The van der Waals surface area contributed by atoms with Crippen LogP contribution in [0.25, 0.3) is 0 Å². The smallest absolute Gasteiger partial charge is 0.315 e. The lowest BCUT2D eigenvalue weighted by atomic mass is 9.86. The van der Waals surface area contributed by atoms with E-state index in [9.17, 15) is 9.59 Å². The second kappa shape index (κ2) is 6.89. The van der Waals surface area contributed by atoms with Crippen LogP contribution in [0.3, 0.4) is 0 Å². The molecule has 0 bridgehead atoms. The molecule has 21 heavy (non-hydrogen) atoms. The monoisotopic (exact) mass is 311 g/mol. The van der Waals surface area contributed by atoms with Crippen molar-refractivity contribution in [1.29, 1.82) is 0 Å². The van der Waals surface area contributed by atoms with E-state index in [1.807, 2.05) is 13.8 Å².